The van der Waals surface area contributed by atoms with Gasteiger partial charge in [-0.25, -0.2) is 24.3 Å². The number of carbonyl (C=O) groups excluding carboxylic acids is 1. The van der Waals surface area contributed by atoms with Crippen LogP contribution in [0.4, 0.5) is 10.2 Å². The molecule has 0 spiro atoms. The molecule has 0 fully saturated rings. The third kappa shape index (κ3) is 3.84. The summed E-state index contributed by atoms with van der Waals surface area (Å²) in [7, 11) is 0. The van der Waals surface area contributed by atoms with Gasteiger partial charge >= 0.3 is 0 Å². The zero-order valence-electron chi connectivity index (χ0n) is 19.1. The van der Waals surface area contributed by atoms with E-state index in [-0.39, 0.29) is 11.7 Å². The molecule has 0 aliphatic carbocycles. The number of hydrogen-bond donors (Lipinski definition) is 3. The van der Waals surface area contributed by atoms with Crippen LogP contribution in [0.2, 0.25) is 0 Å². The van der Waals surface area contributed by atoms with Crippen molar-refractivity contribution in [1.82, 2.24) is 35.1 Å². The van der Waals surface area contributed by atoms with Crippen LogP contribution in [-0.2, 0) is 4.79 Å². The van der Waals surface area contributed by atoms with Gasteiger partial charge in [-0.3, -0.25) is 9.89 Å². The van der Waals surface area contributed by atoms with Crippen molar-refractivity contribution in [3.05, 3.63) is 72.9 Å². The summed E-state index contributed by atoms with van der Waals surface area (Å²) in [4.78, 5) is 32.8. The number of pyridine rings is 3. The first-order chi connectivity index (χ1) is 17.6. The van der Waals surface area contributed by atoms with Crippen molar-refractivity contribution in [2.45, 2.75) is 13.3 Å². The zero-order valence-corrected chi connectivity index (χ0v) is 19.1. The largest absolute Gasteiger partial charge is 0.335 e. The van der Waals surface area contributed by atoms with E-state index in [9.17, 15) is 9.18 Å². The van der Waals surface area contributed by atoms with Gasteiger partial charge in [-0.2, -0.15) is 5.10 Å². The average molecular weight is 478 g/mol. The SMILES string of the molecule is CCC(=O)Nc1ccc(-c2cnc3n[nH]c(-c4nc5nccc(-c6ccc(F)cc6)c5[nH]4)c3c2)cn1. The highest BCUT2D eigenvalue weighted by Gasteiger charge is 2.16. The van der Waals surface area contributed by atoms with Gasteiger partial charge in [0, 0.05) is 41.7 Å². The first-order valence-corrected chi connectivity index (χ1v) is 11.3. The molecule has 0 aliphatic rings. The fourth-order valence-electron chi connectivity index (χ4n) is 4.01. The van der Waals surface area contributed by atoms with E-state index in [4.69, 9.17) is 0 Å². The zero-order chi connectivity index (χ0) is 24.6. The minimum atomic E-state index is -0.294. The van der Waals surface area contributed by atoms with Gasteiger partial charge in [0.1, 0.15) is 17.3 Å². The summed E-state index contributed by atoms with van der Waals surface area (Å²) in [6.45, 7) is 1.79. The van der Waals surface area contributed by atoms with E-state index >= 15 is 0 Å². The summed E-state index contributed by atoms with van der Waals surface area (Å²) in [6.07, 6.45) is 5.47. The lowest BCUT2D eigenvalue weighted by Gasteiger charge is -2.05. The van der Waals surface area contributed by atoms with E-state index in [0.29, 0.717) is 35.1 Å². The molecule has 5 aromatic heterocycles. The Balaban J connectivity index is 1.39. The second-order valence-electron chi connectivity index (χ2n) is 8.18. The fraction of sp³-hybridized carbons (Fsp3) is 0.0769. The molecule has 0 atom stereocenters. The van der Waals surface area contributed by atoms with Crippen LogP contribution in [0.3, 0.4) is 0 Å². The van der Waals surface area contributed by atoms with Gasteiger partial charge in [0.05, 0.1) is 10.9 Å². The summed E-state index contributed by atoms with van der Waals surface area (Å²) in [5.41, 5.74) is 5.88. The van der Waals surface area contributed by atoms with E-state index in [1.54, 1.807) is 43.7 Å². The lowest BCUT2D eigenvalue weighted by Crippen LogP contribution is -2.10. The molecule has 1 amide bonds. The molecule has 1 aromatic carbocycles. The van der Waals surface area contributed by atoms with Crippen LogP contribution in [0.1, 0.15) is 13.3 Å². The van der Waals surface area contributed by atoms with Crippen molar-refractivity contribution in [1.29, 1.82) is 0 Å². The second-order valence-corrected chi connectivity index (χ2v) is 8.18. The number of imidazole rings is 1. The minimum absolute atomic E-state index is 0.0933. The molecule has 6 rings (SSSR count). The highest BCUT2D eigenvalue weighted by Crippen LogP contribution is 2.32. The number of nitrogens with one attached hydrogen (secondary N) is 3. The van der Waals surface area contributed by atoms with Gasteiger partial charge in [-0.05, 0) is 42.0 Å². The predicted molar refractivity (Wildman–Crippen MR) is 134 cm³/mol. The number of fused-ring (bicyclic) bond motifs is 2. The van der Waals surface area contributed by atoms with Crippen molar-refractivity contribution >= 4 is 33.9 Å². The quantitative estimate of drug-likeness (QED) is 0.316. The Labute approximate surface area is 203 Å². The molecular weight excluding hydrogens is 459 g/mol. The molecule has 10 heteroatoms. The van der Waals surface area contributed by atoms with Crippen LogP contribution in [-0.4, -0.2) is 41.0 Å². The number of anilines is 1. The van der Waals surface area contributed by atoms with Crippen LogP contribution in [0.15, 0.2) is 67.1 Å². The number of hydrogen-bond acceptors (Lipinski definition) is 6. The summed E-state index contributed by atoms with van der Waals surface area (Å²) in [5.74, 6) is 0.668. The fourth-order valence-corrected chi connectivity index (χ4v) is 4.01. The van der Waals surface area contributed by atoms with E-state index in [1.807, 2.05) is 18.2 Å². The van der Waals surface area contributed by atoms with Gasteiger partial charge in [-0.15, -0.1) is 0 Å². The Morgan fingerprint density at radius 3 is 2.53 bits per heavy atom. The third-order valence-electron chi connectivity index (χ3n) is 5.88. The van der Waals surface area contributed by atoms with Crippen molar-refractivity contribution < 1.29 is 9.18 Å². The molecule has 9 nitrogen and oxygen atoms in total. The van der Waals surface area contributed by atoms with Gasteiger partial charge in [0.15, 0.2) is 17.1 Å². The van der Waals surface area contributed by atoms with Crippen LogP contribution in [0.5, 0.6) is 0 Å². The number of amides is 1. The Morgan fingerprint density at radius 1 is 0.944 bits per heavy atom. The molecule has 36 heavy (non-hydrogen) atoms. The number of benzene rings is 1. The highest BCUT2D eigenvalue weighted by atomic mass is 19.1. The van der Waals surface area contributed by atoms with Crippen LogP contribution in [0, 0.1) is 5.82 Å². The number of aromatic amines is 2. The minimum Gasteiger partial charge on any atom is -0.335 e. The number of rotatable bonds is 5. The summed E-state index contributed by atoms with van der Waals surface area (Å²) in [6, 6.07) is 13.7. The van der Waals surface area contributed by atoms with E-state index in [2.05, 4.69) is 40.4 Å². The van der Waals surface area contributed by atoms with E-state index in [0.717, 1.165) is 33.2 Å². The van der Waals surface area contributed by atoms with Crippen LogP contribution < -0.4 is 5.32 Å². The number of nitrogens with zero attached hydrogens (tertiary/aromatic N) is 5. The first kappa shape index (κ1) is 21.5. The summed E-state index contributed by atoms with van der Waals surface area (Å²) in [5, 5.41) is 10.9. The van der Waals surface area contributed by atoms with Gasteiger partial charge in [0.2, 0.25) is 5.91 Å². The maximum atomic E-state index is 13.4. The van der Waals surface area contributed by atoms with Gasteiger partial charge in [0.25, 0.3) is 0 Å². The number of H-pyrrole nitrogens is 2. The molecule has 0 aliphatic heterocycles. The molecular formula is C26H19FN8O. The van der Waals surface area contributed by atoms with Gasteiger partial charge < -0.3 is 10.3 Å². The molecule has 176 valence electrons. The standard InChI is InChI=1S/C26H19FN8O/c1-2-21(36)31-20-8-5-15(12-29-20)16-11-19-23(34-35-24(19)30-13-16)26-32-22-18(9-10-28-25(22)33-26)14-3-6-17(27)7-4-14/h3-13H,2H2,1H3,(H,28,32,33)(H,29,31,36)(H,30,34,35). The van der Waals surface area contributed by atoms with E-state index < -0.39 is 0 Å². The smallest absolute Gasteiger partial charge is 0.225 e. The Bertz CT molecular complexity index is 1720. The van der Waals surface area contributed by atoms with Crippen molar-refractivity contribution in [3.8, 4) is 33.8 Å². The molecule has 0 saturated heterocycles. The van der Waals surface area contributed by atoms with Crippen LogP contribution in [0.25, 0.3) is 56.0 Å². The summed E-state index contributed by atoms with van der Waals surface area (Å²) >= 11 is 0. The molecule has 5 heterocycles. The first-order valence-electron chi connectivity index (χ1n) is 11.3. The van der Waals surface area contributed by atoms with Crippen LogP contribution >= 0.6 is 0 Å². The molecule has 0 bridgehead atoms. The number of aromatic nitrogens is 7. The third-order valence-corrected chi connectivity index (χ3v) is 5.88. The lowest BCUT2D eigenvalue weighted by atomic mass is 10.1. The Morgan fingerprint density at radius 2 is 1.75 bits per heavy atom. The molecule has 6 aromatic rings. The maximum absolute atomic E-state index is 13.4. The molecule has 0 radical (unpaired) electrons. The van der Waals surface area contributed by atoms with Crippen molar-refractivity contribution in [2.75, 3.05) is 5.32 Å². The van der Waals surface area contributed by atoms with Crippen molar-refractivity contribution in [3.63, 3.8) is 0 Å². The van der Waals surface area contributed by atoms with Crippen molar-refractivity contribution in [2.24, 2.45) is 0 Å². The van der Waals surface area contributed by atoms with Gasteiger partial charge in [-0.1, -0.05) is 19.1 Å². The number of carbonyl (C=O) groups is 1. The monoisotopic (exact) mass is 478 g/mol. The lowest BCUT2D eigenvalue weighted by molar-refractivity contribution is -0.115. The normalized spacial score (nSPS) is 11.3. The summed E-state index contributed by atoms with van der Waals surface area (Å²) < 4.78 is 13.4. The Hall–Kier alpha value is -4.99. The maximum Gasteiger partial charge on any atom is 0.225 e. The van der Waals surface area contributed by atoms with E-state index in [1.165, 1.54) is 12.1 Å². The number of halogens is 1. The molecule has 0 unspecified atom stereocenters. The average Bonchev–Trinajstić information content (AvgIpc) is 3.53. The predicted octanol–water partition coefficient (Wildman–Crippen LogP) is 5.11. The second kappa shape index (κ2) is 8.66. The Kier molecular flexibility index (Phi) is 5.18. The molecule has 0 saturated carbocycles. The highest BCUT2D eigenvalue weighted by molar-refractivity contribution is 5.96. The molecule has 3 N–H and O–H groups in total. The topological polar surface area (TPSA) is 125 Å².